The lowest BCUT2D eigenvalue weighted by Gasteiger charge is -2.10. The zero-order valence-corrected chi connectivity index (χ0v) is 14.8. The lowest BCUT2D eigenvalue weighted by atomic mass is 10.2. The largest absolute Gasteiger partial charge is 0.438 e. The number of ether oxygens (including phenoxy) is 1. The number of carbonyl (C=O) groups is 1. The molecule has 3 heterocycles. The van der Waals surface area contributed by atoms with E-state index in [1.165, 1.54) is 10.5 Å². The van der Waals surface area contributed by atoms with Crippen LogP contribution in [0.4, 0.5) is 0 Å². The number of carbonyl (C=O) groups excluding carboxylic acids is 1. The number of thiocarbonyl (C=S) groups is 1. The van der Waals surface area contributed by atoms with E-state index >= 15 is 0 Å². The Morgan fingerprint density at radius 2 is 1.88 bits per heavy atom. The van der Waals surface area contributed by atoms with Crippen LogP contribution in [-0.2, 0) is 4.79 Å². The van der Waals surface area contributed by atoms with Crippen LogP contribution in [0.3, 0.4) is 0 Å². The SMILES string of the molecule is O=C1NC(=S)SC1=Cc1c(Oc2ccccc2)nc2ccccn2c1=O. The van der Waals surface area contributed by atoms with Crippen molar-refractivity contribution in [3.63, 3.8) is 0 Å². The van der Waals surface area contributed by atoms with Gasteiger partial charge in [0.05, 0.1) is 4.91 Å². The second-order valence-corrected chi connectivity index (χ2v) is 7.05. The molecule has 6 nitrogen and oxygen atoms in total. The van der Waals surface area contributed by atoms with Crippen molar-refractivity contribution in [3.05, 3.63) is 75.6 Å². The van der Waals surface area contributed by atoms with Crippen molar-refractivity contribution < 1.29 is 9.53 Å². The summed E-state index contributed by atoms with van der Waals surface area (Å²) in [5.41, 5.74) is 0.296. The van der Waals surface area contributed by atoms with Crippen LogP contribution in [0.5, 0.6) is 11.6 Å². The predicted octanol–water partition coefficient (Wildman–Crippen LogP) is 2.98. The standard InChI is InChI=1S/C18H11N3O3S2/c22-15-13(26-18(25)20-15)10-12-16(24-11-6-2-1-3-7-11)19-14-8-4-5-9-21(14)17(12)23/h1-10H,(H,20,22,25). The molecule has 2 aromatic heterocycles. The molecule has 1 amide bonds. The van der Waals surface area contributed by atoms with Gasteiger partial charge < -0.3 is 10.1 Å². The number of hydrogen-bond donors (Lipinski definition) is 1. The van der Waals surface area contributed by atoms with Crippen molar-refractivity contribution in [3.8, 4) is 11.6 Å². The summed E-state index contributed by atoms with van der Waals surface area (Å²) in [4.78, 5) is 29.7. The Hall–Kier alpha value is -2.97. The summed E-state index contributed by atoms with van der Waals surface area (Å²) in [7, 11) is 0. The third-order valence-corrected chi connectivity index (χ3v) is 4.77. The quantitative estimate of drug-likeness (QED) is 0.555. The van der Waals surface area contributed by atoms with E-state index in [0.717, 1.165) is 11.8 Å². The average molecular weight is 381 g/mol. The molecule has 1 saturated heterocycles. The fourth-order valence-corrected chi connectivity index (χ4v) is 3.46. The van der Waals surface area contributed by atoms with Crippen molar-refractivity contribution in [2.24, 2.45) is 0 Å². The second kappa shape index (κ2) is 6.74. The lowest BCUT2D eigenvalue weighted by Crippen LogP contribution is -2.20. The number of thioether (sulfide) groups is 1. The first-order valence-electron chi connectivity index (χ1n) is 7.61. The minimum Gasteiger partial charge on any atom is -0.438 e. The highest BCUT2D eigenvalue weighted by atomic mass is 32.2. The smallest absolute Gasteiger partial charge is 0.269 e. The molecule has 1 aromatic carbocycles. The molecule has 0 saturated carbocycles. The van der Waals surface area contributed by atoms with Crippen LogP contribution in [-0.4, -0.2) is 19.6 Å². The predicted molar refractivity (Wildman–Crippen MR) is 104 cm³/mol. The van der Waals surface area contributed by atoms with Crippen LogP contribution in [0.1, 0.15) is 5.56 Å². The zero-order valence-electron chi connectivity index (χ0n) is 13.2. The van der Waals surface area contributed by atoms with Crippen molar-refractivity contribution in [1.29, 1.82) is 0 Å². The summed E-state index contributed by atoms with van der Waals surface area (Å²) in [5, 5.41) is 2.53. The monoisotopic (exact) mass is 381 g/mol. The zero-order chi connectivity index (χ0) is 18.1. The van der Waals surface area contributed by atoms with Gasteiger partial charge in [-0.3, -0.25) is 14.0 Å². The average Bonchev–Trinajstić information content (AvgIpc) is 2.96. The van der Waals surface area contributed by atoms with Gasteiger partial charge in [-0.2, -0.15) is 4.98 Å². The maximum Gasteiger partial charge on any atom is 0.269 e. The number of hydrogen-bond acceptors (Lipinski definition) is 6. The molecule has 0 aliphatic carbocycles. The molecule has 0 unspecified atom stereocenters. The highest BCUT2D eigenvalue weighted by Crippen LogP contribution is 2.29. The molecule has 0 atom stereocenters. The number of nitrogens with one attached hydrogen (secondary N) is 1. The molecule has 1 N–H and O–H groups in total. The van der Waals surface area contributed by atoms with Gasteiger partial charge in [0, 0.05) is 6.20 Å². The van der Waals surface area contributed by atoms with Gasteiger partial charge in [0.2, 0.25) is 5.88 Å². The van der Waals surface area contributed by atoms with Gasteiger partial charge in [-0.05, 0) is 30.3 Å². The van der Waals surface area contributed by atoms with Crippen LogP contribution >= 0.6 is 24.0 Å². The first kappa shape index (κ1) is 16.5. The number of para-hydroxylation sites is 1. The third-order valence-electron chi connectivity index (χ3n) is 3.61. The van der Waals surface area contributed by atoms with Crippen LogP contribution in [0.15, 0.2) is 64.4 Å². The van der Waals surface area contributed by atoms with Gasteiger partial charge in [-0.1, -0.05) is 48.2 Å². The van der Waals surface area contributed by atoms with Crippen LogP contribution in [0, 0.1) is 0 Å². The highest BCUT2D eigenvalue weighted by molar-refractivity contribution is 8.26. The van der Waals surface area contributed by atoms with E-state index in [4.69, 9.17) is 17.0 Å². The fraction of sp³-hybridized carbons (Fsp3) is 0. The summed E-state index contributed by atoms with van der Waals surface area (Å²) < 4.78 is 7.58. The van der Waals surface area contributed by atoms with Crippen molar-refractivity contribution in [1.82, 2.24) is 14.7 Å². The van der Waals surface area contributed by atoms with Crippen LogP contribution < -0.4 is 15.6 Å². The molecule has 1 fully saturated rings. The molecule has 4 rings (SSSR count). The molecule has 8 heteroatoms. The number of fused-ring (bicyclic) bond motifs is 1. The number of rotatable bonds is 3. The molecule has 0 bridgehead atoms. The Morgan fingerprint density at radius 3 is 2.62 bits per heavy atom. The molecule has 0 radical (unpaired) electrons. The van der Waals surface area contributed by atoms with E-state index in [2.05, 4.69) is 10.3 Å². The van der Waals surface area contributed by atoms with E-state index in [0.29, 0.717) is 20.6 Å². The van der Waals surface area contributed by atoms with Crippen molar-refractivity contribution in [2.75, 3.05) is 0 Å². The minimum atomic E-state index is -0.344. The molecule has 1 aliphatic rings. The normalized spacial score (nSPS) is 15.5. The van der Waals surface area contributed by atoms with Gasteiger partial charge in [0.1, 0.15) is 21.3 Å². The fourth-order valence-electron chi connectivity index (χ4n) is 2.44. The second-order valence-electron chi connectivity index (χ2n) is 5.33. The summed E-state index contributed by atoms with van der Waals surface area (Å²) in [6, 6.07) is 14.2. The Morgan fingerprint density at radius 1 is 1.12 bits per heavy atom. The third kappa shape index (κ3) is 3.12. The first-order valence-corrected chi connectivity index (χ1v) is 8.83. The Bertz CT molecular complexity index is 1120. The maximum absolute atomic E-state index is 12.9. The van der Waals surface area contributed by atoms with E-state index in [9.17, 15) is 9.59 Å². The van der Waals surface area contributed by atoms with Gasteiger partial charge >= 0.3 is 0 Å². The molecular weight excluding hydrogens is 370 g/mol. The molecule has 128 valence electrons. The summed E-state index contributed by atoms with van der Waals surface area (Å²) in [6.45, 7) is 0. The number of nitrogens with zero attached hydrogens (tertiary/aromatic N) is 2. The van der Waals surface area contributed by atoms with E-state index in [1.807, 2.05) is 18.2 Å². The van der Waals surface area contributed by atoms with E-state index in [-0.39, 0.29) is 22.9 Å². The molecular formula is C18H11N3O3S2. The van der Waals surface area contributed by atoms with Crippen LogP contribution in [0.2, 0.25) is 0 Å². The molecule has 1 aliphatic heterocycles. The molecule has 3 aromatic rings. The van der Waals surface area contributed by atoms with E-state index < -0.39 is 0 Å². The van der Waals surface area contributed by atoms with Crippen LogP contribution in [0.25, 0.3) is 11.7 Å². The van der Waals surface area contributed by atoms with Crippen molar-refractivity contribution in [2.45, 2.75) is 0 Å². The number of benzene rings is 1. The molecule has 26 heavy (non-hydrogen) atoms. The topological polar surface area (TPSA) is 72.7 Å². The summed E-state index contributed by atoms with van der Waals surface area (Å²) in [6.07, 6.45) is 3.08. The highest BCUT2D eigenvalue weighted by Gasteiger charge is 2.24. The Balaban J connectivity index is 1.91. The summed E-state index contributed by atoms with van der Waals surface area (Å²) >= 11 is 6.10. The number of amides is 1. The van der Waals surface area contributed by atoms with Gasteiger partial charge in [-0.25, -0.2) is 0 Å². The minimum absolute atomic E-state index is 0.131. The van der Waals surface area contributed by atoms with E-state index in [1.54, 1.807) is 36.5 Å². The molecule has 0 spiro atoms. The Kier molecular flexibility index (Phi) is 4.27. The summed E-state index contributed by atoms with van der Waals surface area (Å²) in [5.74, 6) is 0.327. The van der Waals surface area contributed by atoms with Crippen molar-refractivity contribution >= 4 is 45.9 Å². The Labute approximate surface area is 157 Å². The van der Waals surface area contributed by atoms with Gasteiger partial charge in [0.15, 0.2) is 0 Å². The van der Waals surface area contributed by atoms with Gasteiger partial charge in [0.25, 0.3) is 11.5 Å². The number of aromatic nitrogens is 2. The first-order chi connectivity index (χ1) is 12.6. The van der Waals surface area contributed by atoms with Gasteiger partial charge in [-0.15, -0.1) is 0 Å². The number of pyridine rings is 1. The lowest BCUT2D eigenvalue weighted by molar-refractivity contribution is -0.115. The maximum atomic E-state index is 12.9.